The zero-order valence-electron chi connectivity index (χ0n) is 12.6. The van der Waals surface area contributed by atoms with Crippen molar-refractivity contribution in [1.82, 2.24) is 19.5 Å². The molecular formula is C15H18N4O3S. The van der Waals surface area contributed by atoms with Gasteiger partial charge in [0.1, 0.15) is 0 Å². The van der Waals surface area contributed by atoms with Crippen LogP contribution in [0.4, 0.5) is 0 Å². The van der Waals surface area contributed by atoms with Gasteiger partial charge in [-0.15, -0.1) is 0 Å². The van der Waals surface area contributed by atoms with E-state index in [2.05, 4.69) is 14.8 Å². The number of hydrogen-bond donors (Lipinski definition) is 1. The summed E-state index contributed by atoms with van der Waals surface area (Å²) in [6.07, 6.45) is 6.18. The summed E-state index contributed by atoms with van der Waals surface area (Å²) in [6.45, 7) is 1.21. The Balaban J connectivity index is 1.56. The van der Waals surface area contributed by atoms with Crippen molar-refractivity contribution in [3.8, 4) is 5.88 Å². The van der Waals surface area contributed by atoms with Gasteiger partial charge in [-0.3, -0.25) is 4.98 Å². The minimum atomic E-state index is -3.64. The highest BCUT2D eigenvalue weighted by atomic mass is 32.2. The molecular weight excluding hydrogens is 316 g/mol. The average molecular weight is 334 g/mol. The monoisotopic (exact) mass is 334 g/mol. The van der Waals surface area contributed by atoms with Crippen molar-refractivity contribution in [2.24, 2.45) is 0 Å². The smallest absolute Gasteiger partial charge is 0.247 e. The van der Waals surface area contributed by atoms with Gasteiger partial charge in [-0.1, -0.05) is 6.07 Å². The lowest BCUT2D eigenvalue weighted by molar-refractivity contribution is 0.224. The molecule has 0 unspecified atom stereocenters. The fourth-order valence-electron chi connectivity index (χ4n) is 3.17. The number of ether oxygens (including phenoxy) is 1. The summed E-state index contributed by atoms with van der Waals surface area (Å²) in [7, 11) is -3.64. The molecule has 2 aliphatic rings. The molecule has 122 valence electrons. The number of sulfonamides is 1. The van der Waals surface area contributed by atoms with Gasteiger partial charge in [0.05, 0.1) is 12.8 Å². The molecule has 0 radical (unpaired) electrons. The topological polar surface area (TPSA) is 86.1 Å². The van der Waals surface area contributed by atoms with Gasteiger partial charge in [0.15, 0.2) is 4.90 Å². The van der Waals surface area contributed by atoms with Gasteiger partial charge in [0.2, 0.25) is 15.9 Å². The third kappa shape index (κ3) is 2.72. The normalized spacial score (nSPS) is 20.4. The Kier molecular flexibility index (Phi) is 3.57. The van der Waals surface area contributed by atoms with E-state index in [0.29, 0.717) is 25.5 Å². The zero-order valence-corrected chi connectivity index (χ0v) is 13.4. The Bertz CT molecular complexity index is 831. The minimum absolute atomic E-state index is 0.129. The number of rotatable bonds is 3. The Hall–Kier alpha value is -1.93. The summed E-state index contributed by atoms with van der Waals surface area (Å²) in [5.74, 6) is 0.349. The van der Waals surface area contributed by atoms with Gasteiger partial charge in [-0.05, 0) is 30.9 Å². The van der Waals surface area contributed by atoms with E-state index < -0.39 is 10.0 Å². The first-order chi connectivity index (χ1) is 11.1. The van der Waals surface area contributed by atoms with Crippen LogP contribution in [0.5, 0.6) is 5.88 Å². The molecule has 2 aromatic rings. The van der Waals surface area contributed by atoms with Crippen LogP contribution in [-0.2, 0) is 29.4 Å². The van der Waals surface area contributed by atoms with Crippen LogP contribution < -0.4 is 9.46 Å². The van der Waals surface area contributed by atoms with Crippen molar-refractivity contribution in [1.29, 1.82) is 0 Å². The summed E-state index contributed by atoms with van der Waals surface area (Å²) in [4.78, 5) is 4.48. The maximum Gasteiger partial charge on any atom is 0.247 e. The lowest BCUT2D eigenvalue weighted by Gasteiger charge is -2.24. The Morgan fingerprint density at radius 3 is 3.22 bits per heavy atom. The van der Waals surface area contributed by atoms with E-state index in [9.17, 15) is 8.42 Å². The molecule has 0 fully saturated rings. The fourth-order valence-corrected chi connectivity index (χ4v) is 4.52. The molecule has 3 heterocycles. The number of aromatic nitrogens is 3. The quantitative estimate of drug-likeness (QED) is 0.901. The van der Waals surface area contributed by atoms with E-state index >= 15 is 0 Å². The van der Waals surface area contributed by atoms with Crippen molar-refractivity contribution >= 4 is 10.0 Å². The van der Waals surface area contributed by atoms with E-state index in [4.69, 9.17) is 4.74 Å². The van der Waals surface area contributed by atoms with Gasteiger partial charge in [0.25, 0.3) is 0 Å². The highest BCUT2D eigenvalue weighted by molar-refractivity contribution is 7.89. The highest BCUT2D eigenvalue weighted by Crippen LogP contribution is 2.28. The van der Waals surface area contributed by atoms with Crippen molar-refractivity contribution in [3.05, 3.63) is 35.8 Å². The summed E-state index contributed by atoms with van der Waals surface area (Å²) in [5.41, 5.74) is 2.17. The molecule has 23 heavy (non-hydrogen) atoms. The summed E-state index contributed by atoms with van der Waals surface area (Å²) in [5, 5.41) is 4.11. The van der Waals surface area contributed by atoms with Crippen molar-refractivity contribution in [3.63, 3.8) is 0 Å². The third-order valence-corrected chi connectivity index (χ3v) is 5.81. The largest absolute Gasteiger partial charge is 0.477 e. The molecule has 0 spiro atoms. The van der Waals surface area contributed by atoms with E-state index in [-0.39, 0.29) is 10.9 Å². The molecule has 1 aliphatic heterocycles. The molecule has 0 bridgehead atoms. The van der Waals surface area contributed by atoms with Crippen molar-refractivity contribution in [2.75, 3.05) is 6.61 Å². The number of aryl methyl sites for hydroxylation is 2. The van der Waals surface area contributed by atoms with Gasteiger partial charge in [-0.2, -0.15) is 5.10 Å². The second-order valence-corrected chi connectivity index (χ2v) is 7.59. The van der Waals surface area contributed by atoms with Crippen LogP contribution in [0.3, 0.4) is 0 Å². The Morgan fingerprint density at radius 2 is 2.30 bits per heavy atom. The number of nitrogens with zero attached hydrogens (tertiary/aromatic N) is 3. The van der Waals surface area contributed by atoms with Crippen molar-refractivity contribution < 1.29 is 13.2 Å². The van der Waals surface area contributed by atoms with Crippen LogP contribution in [0, 0.1) is 0 Å². The molecule has 0 aromatic carbocycles. The van der Waals surface area contributed by atoms with Crippen LogP contribution in [-0.4, -0.2) is 35.8 Å². The number of fused-ring (bicyclic) bond motifs is 2. The van der Waals surface area contributed by atoms with Crippen LogP contribution in [0.25, 0.3) is 0 Å². The highest BCUT2D eigenvalue weighted by Gasteiger charge is 2.30. The summed E-state index contributed by atoms with van der Waals surface area (Å²) in [6, 6.07) is 3.77. The molecule has 2 aromatic heterocycles. The van der Waals surface area contributed by atoms with E-state index in [1.165, 1.54) is 6.20 Å². The summed E-state index contributed by atoms with van der Waals surface area (Å²) >= 11 is 0. The van der Waals surface area contributed by atoms with E-state index in [0.717, 1.165) is 30.5 Å². The molecule has 0 saturated heterocycles. The molecule has 0 saturated carbocycles. The predicted octanol–water partition coefficient (Wildman–Crippen LogP) is 0.896. The molecule has 4 rings (SSSR count). The maximum atomic E-state index is 12.7. The van der Waals surface area contributed by atoms with Gasteiger partial charge in [0, 0.05) is 30.9 Å². The molecule has 7 nitrogen and oxygen atoms in total. The Morgan fingerprint density at radius 1 is 1.39 bits per heavy atom. The first-order valence-electron chi connectivity index (χ1n) is 7.77. The first-order valence-corrected chi connectivity index (χ1v) is 9.25. The fraction of sp³-hybridized carbons (Fsp3) is 0.467. The zero-order chi connectivity index (χ0) is 15.9. The summed E-state index contributed by atoms with van der Waals surface area (Å²) < 4.78 is 35.3. The lowest BCUT2D eigenvalue weighted by atomic mass is 9.93. The van der Waals surface area contributed by atoms with E-state index in [1.807, 2.05) is 12.1 Å². The second kappa shape index (κ2) is 5.61. The number of nitrogens with one attached hydrogen (secondary N) is 1. The standard InChI is InChI=1S/C15H18N4O3S/c20-23(21,14-10-17-19-7-2-8-22-15(14)19)18-12-4-5-13-11(9-12)3-1-6-16-13/h1,3,6,10,12,18H,2,4-5,7-9H2/t12-/m0/s1. The predicted molar refractivity (Wildman–Crippen MR) is 82.7 cm³/mol. The molecule has 0 amide bonds. The second-order valence-electron chi connectivity index (χ2n) is 5.91. The van der Waals surface area contributed by atoms with Gasteiger partial charge < -0.3 is 4.74 Å². The number of pyridine rings is 1. The maximum absolute atomic E-state index is 12.7. The third-order valence-electron chi connectivity index (χ3n) is 4.30. The van der Waals surface area contributed by atoms with Gasteiger partial charge >= 0.3 is 0 Å². The lowest BCUT2D eigenvalue weighted by Crippen LogP contribution is -2.39. The molecule has 1 aliphatic carbocycles. The van der Waals surface area contributed by atoms with E-state index in [1.54, 1.807) is 10.9 Å². The minimum Gasteiger partial charge on any atom is -0.477 e. The molecule has 1 atom stereocenters. The molecule has 1 N–H and O–H groups in total. The SMILES string of the molecule is O=S(=O)(N[C@H]1CCc2ncccc2C1)c1cnn2c1OCCC2. The first kappa shape index (κ1) is 14.6. The average Bonchev–Trinajstić information content (AvgIpc) is 2.99. The van der Waals surface area contributed by atoms with Gasteiger partial charge in [-0.25, -0.2) is 17.8 Å². The van der Waals surface area contributed by atoms with Crippen LogP contribution in [0.1, 0.15) is 24.1 Å². The number of hydrogen-bond acceptors (Lipinski definition) is 5. The Labute approximate surface area is 134 Å². The van der Waals surface area contributed by atoms with Crippen molar-refractivity contribution in [2.45, 2.75) is 43.2 Å². The molecule has 8 heteroatoms. The van der Waals surface area contributed by atoms with Crippen LogP contribution in [0.15, 0.2) is 29.4 Å². The van der Waals surface area contributed by atoms with Crippen LogP contribution >= 0.6 is 0 Å². The van der Waals surface area contributed by atoms with Crippen LogP contribution in [0.2, 0.25) is 0 Å².